The molecule has 0 aliphatic carbocycles. The van der Waals surface area contributed by atoms with E-state index in [0.29, 0.717) is 0 Å². The van der Waals surface area contributed by atoms with Gasteiger partial charge in [-0.2, -0.15) is 0 Å². The van der Waals surface area contributed by atoms with Crippen LogP contribution in [0, 0.1) is 0 Å². The third-order valence-corrected chi connectivity index (χ3v) is 4.09. The number of ether oxygens (including phenoxy) is 2. The first-order chi connectivity index (χ1) is 14.1. The van der Waals surface area contributed by atoms with E-state index in [-0.39, 0.29) is 26.1 Å². The molecular formula is C23H32N2O5. The molecular weight excluding hydrogens is 384 g/mol. The van der Waals surface area contributed by atoms with Gasteiger partial charge in [0.15, 0.2) is 0 Å². The molecule has 0 aliphatic heterocycles. The highest BCUT2D eigenvalue weighted by Gasteiger charge is 2.32. The van der Waals surface area contributed by atoms with E-state index >= 15 is 0 Å². The molecule has 7 nitrogen and oxygen atoms in total. The molecule has 0 aliphatic rings. The maximum atomic E-state index is 13.1. The highest BCUT2D eigenvalue weighted by Crippen LogP contribution is 2.14. The standard InChI is InChI=1S/C23H32N2O5/c1-7-14-24(22(28)30-23(3,4)5)17-20(26)25(15-8-2)19(21(27)29-6)16-18-12-10-9-11-13-18/h7-13,19H,1-2,14-17H2,3-6H3/t19-/m0/s1. The third kappa shape index (κ3) is 8.11. The van der Waals surface area contributed by atoms with Gasteiger partial charge in [0.25, 0.3) is 0 Å². The highest BCUT2D eigenvalue weighted by molar-refractivity contribution is 5.87. The molecule has 1 aromatic carbocycles. The summed E-state index contributed by atoms with van der Waals surface area (Å²) in [4.78, 5) is 40.7. The predicted octanol–water partition coefficient (Wildman–Crippen LogP) is 3.21. The van der Waals surface area contributed by atoms with Crippen LogP contribution in [0.1, 0.15) is 26.3 Å². The minimum Gasteiger partial charge on any atom is -0.467 e. The summed E-state index contributed by atoms with van der Waals surface area (Å²) in [6, 6.07) is 8.48. The summed E-state index contributed by atoms with van der Waals surface area (Å²) in [6.45, 7) is 12.6. The van der Waals surface area contributed by atoms with Crippen molar-refractivity contribution in [1.82, 2.24) is 9.80 Å². The van der Waals surface area contributed by atoms with Gasteiger partial charge in [0.1, 0.15) is 18.2 Å². The first-order valence-electron chi connectivity index (χ1n) is 9.73. The van der Waals surface area contributed by atoms with Gasteiger partial charge in [-0.3, -0.25) is 9.69 Å². The molecule has 0 fully saturated rings. The van der Waals surface area contributed by atoms with Gasteiger partial charge < -0.3 is 14.4 Å². The van der Waals surface area contributed by atoms with E-state index < -0.39 is 29.6 Å². The Labute approximate surface area is 178 Å². The van der Waals surface area contributed by atoms with E-state index in [4.69, 9.17) is 9.47 Å². The lowest BCUT2D eigenvalue weighted by Gasteiger charge is -2.32. The van der Waals surface area contributed by atoms with Crippen LogP contribution in [0.15, 0.2) is 55.6 Å². The van der Waals surface area contributed by atoms with Crippen LogP contribution >= 0.6 is 0 Å². The molecule has 2 amide bonds. The lowest BCUT2D eigenvalue weighted by atomic mass is 10.0. The van der Waals surface area contributed by atoms with Crippen LogP contribution in [0.2, 0.25) is 0 Å². The van der Waals surface area contributed by atoms with Crippen molar-refractivity contribution in [3.05, 3.63) is 61.2 Å². The smallest absolute Gasteiger partial charge is 0.411 e. The van der Waals surface area contributed by atoms with Crippen molar-refractivity contribution in [3.8, 4) is 0 Å². The van der Waals surface area contributed by atoms with Crippen molar-refractivity contribution in [2.75, 3.05) is 26.7 Å². The van der Waals surface area contributed by atoms with Gasteiger partial charge in [0, 0.05) is 19.5 Å². The Morgan fingerprint density at radius 2 is 1.67 bits per heavy atom. The zero-order valence-electron chi connectivity index (χ0n) is 18.3. The second kappa shape index (κ2) is 11.8. The molecule has 0 N–H and O–H groups in total. The van der Waals surface area contributed by atoms with Crippen molar-refractivity contribution in [2.24, 2.45) is 0 Å². The maximum Gasteiger partial charge on any atom is 0.411 e. The number of esters is 1. The zero-order chi connectivity index (χ0) is 22.7. The average Bonchev–Trinajstić information content (AvgIpc) is 2.69. The Balaban J connectivity index is 3.10. The van der Waals surface area contributed by atoms with Crippen molar-refractivity contribution in [1.29, 1.82) is 0 Å². The van der Waals surface area contributed by atoms with E-state index in [2.05, 4.69) is 13.2 Å². The molecule has 30 heavy (non-hydrogen) atoms. The number of hydrogen-bond donors (Lipinski definition) is 0. The lowest BCUT2D eigenvalue weighted by Crippen LogP contribution is -2.51. The van der Waals surface area contributed by atoms with Crippen molar-refractivity contribution >= 4 is 18.0 Å². The molecule has 0 saturated carbocycles. The number of carbonyl (C=O) groups excluding carboxylic acids is 3. The van der Waals surface area contributed by atoms with E-state index in [1.54, 1.807) is 20.8 Å². The Morgan fingerprint density at radius 1 is 1.07 bits per heavy atom. The molecule has 0 unspecified atom stereocenters. The number of rotatable bonds is 10. The second-order valence-corrected chi connectivity index (χ2v) is 7.71. The highest BCUT2D eigenvalue weighted by atomic mass is 16.6. The Morgan fingerprint density at radius 3 is 2.17 bits per heavy atom. The van der Waals surface area contributed by atoms with Crippen molar-refractivity contribution in [2.45, 2.75) is 38.8 Å². The SMILES string of the molecule is C=CCN(CC(=O)N(CC=C)[C@@H](Cc1ccccc1)C(=O)OC)C(=O)OC(C)(C)C. The third-order valence-electron chi connectivity index (χ3n) is 4.09. The number of benzene rings is 1. The summed E-state index contributed by atoms with van der Waals surface area (Å²) in [5.41, 5.74) is 0.173. The number of carbonyl (C=O) groups is 3. The first kappa shape index (κ1) is 24.9. The minimum atomic E-state index is -0.855. The average molecular weight is 417 g/mol. The van der Waals surface area contributed by atoms with E-state index in [9.17, 15) is 14.4 Å². The van der Waals surface area contributed by atoms with Gasteiger partial charge in [-0.1, -0.05) is 42.5 Å². The first-order valence-corrected chi connectivity index (χ1v) is 9.73. The van der Waals surface area contributed by atoms with Gasteiger partial charge in [0.05, 0.1) is 7.11 Å². The fraction of sp³-hybridized carbons (Fsp3) is 0.435. The molecule has 7 heteroatoms. The molecule has 0 saturated heterocycles. The topological polar surface area (TPSA) is 76.2 Å². The Hall–Kier alpha value is -3.09. The number of hydrogen-bond acceptors (Lipinski definition) is 5. The molecule has 0 spiro atoms. The summed E-state index contributed by atoms with van der Waals surface area (Å²) in [5.74, 6) is -0.962. The van der Waals surface area contributed by atoms with Crippen LogP contribution in [-0.2, 0) is 25.5 Å². The van der Waals surface area contributed by atoms with E-state index in [1.807, 2.05) is 30.3 Å². The lowest BCUT2D eigenvalue weighted by molar-refractivity contribution is -0.152. The largest absolute Gasteiger partial charge is 0.467 e. The molecule has 1 aromatic rings. The summed E-state index contributed by atoms with van der Waals surface area (Å²) in [7, 11) is 1.28. The van der Waals surface area contributed by atoms with Crippen LogP contribution in [0.5, 0.6) is 0 Å². The molecule has 1 atom stereocenters. The zero-order valence-corrected chi connectivity index (χ0v) is 18.3. The summed E-state index contributed by atoms with van der Waals surface area (Å²) < 4.78 is 10.3. The molecule has 164 valence electrons. The van der Waals surface area contributed by atoms with Gasteiger partial charge in [-0.15, -0.1) is 13.2 Å². The van der Waals surface area contributed by atoms with E-state index in [1.165, 1.54) is 29.1 Å². The van der Waals surface area contributed by atoms with Gasteiger partial charge >= 0.3 is 12.1 Å². The minimum absolute atomic E-state index is 0.127. The monoisotopic (exact) mass is 416 g/mol. The normalized spacial score (nSPS) is 11.7. The van der Waals surface area contributed by atoms with Crippen LogP contribution in [0.3, 0.4) is 0 Å². The molecule has 0 radical (unpaired) electrons. The summed E-state index contributed by atoms with van der Waals surface area (Å²) >= 11 is 0. The van der Waals surface area contributed by atoms with Crippen LogP contribution in [-0.4, -0.2) is 66.2 Å². The van der Waals surface area contributed by atoms with Crippen LogP contribution < -0.4 is 0 Å². The van der Waals surface area contributed by atoms with Crippen LogP contribution in [0.25, 0.3) is 0 Å². The van der Waals surface area contributed by atoms with Gasteiger partial charge in [-0.05, 0) is 26.3 Å². The second-order valence-electron chi connectivity index (χ2n) is 7.71. The van der Waals surface area contributed by atoms with E-state index in [0.717, 1.165) is 5.56 Å². The Bertz CT molecular complexity index is 740. The molecule has 1 rings (SSSR count). The van der Waals surface area contributed by atoms with Crippen molar-refractivity contribution in [3.63, 3.8) is 0 Å². The quantitative estimate of drug-likeness (QED) is 0.432. The number of methoxy groups -OCH3 is 1. The molecule has 0 aromatic heterocycles. The fourth-order valence-electron chi connectivity index (χ4n) is 2.78. The fourth-order valence-corrected chi connectivity index (χ4v) is 2.78. The van der Waals surface area contributed by atoms with Gasteiger partial charge in [0.2, 0.25) is 5.91 Å². The summed E-state index contributed by atoms with van der Waals surface area (Å²) in [5, 5.41) is 0. The number of amides is 2. The molecule has 0 bridgehead atoms. The summed E-state index contributed by atoms with van der Waals surface area (Å²) in [6.07, 6.45) is 2.69. The van der Waals surface area contributed by atoms with Crippen LogP contribution in [0.4, 0.5) is 4.79 Å². The predicted molar refractivity (Wildman–Crippen MR) is 116 cm³/mol. The Kier molecular flexibility index (Phi) is 9.81. The molecule has 0 heterocycles. The van der Waals surface area contributed by atoms with Crippen molar-refractivity contribution < 1.29 is 23.9 Å². The van der Waals surface area contributed by atoms with Gasteiger partial charge in [-0.25, -0.2) is 9.59 Å². The number of nitrogens with zero attached hydrogens (tertiary/aromatic N) is 2. The maximum absolute atomic E-state index is 13.1.